The molecule has 1 N–H and O–H groups in total. The molecule has 0 radical (unpaired) electrons. The molecular weight excluding hydrogens is 416 g/mol. The molecule has 0 saturated carbocycles. The van der Waals surface area contributed by atoms with Crippen LogP contribution in [-0.2, 0) is 16.0 Å². The maximum atomic E-state index is 13.5. The Kier molecular flexibility index (Phi) is 6.22. The van der Waals surface area contributed by atoms with Gasteiger partial charge in [0.05, 0.1) is 36.4 Å². The van der Waals surface area contributed by atoms with Crippen molar-refractivity contribution in [2.75, 3.05) is 12.4 Å². The SMILES string of the molecule is COC(=O)Cc1ccccc1NC(=O)c1cc(-c2ccccc2C)nc2c1cnn2C(C)C. The van der Waals surface area contributed by atoms with Gasteiger partial charge in [0.25, 0.3) is 5.91 Å². The second-order valence-electron chi connectivity index (χ2n) is 8.15. The van der Waals surface area contributed by atoms with Gasteiger partial charge in [0.2, 0.25) is 0 Å². The summed E-state index contributed by atoms with van der Waals surface area (Å²) >= 11 is 0. The minimum Gasteiger partial charge on any atom is -0.469 e. The zero-order chi connectivity index (χ0) is 23.5. The van der Waals surface area contributed by atoms with Crippen LogP contribution in [0.3, 0.4) is 0 Å². The fraction of sp³-hybridized carbons (Fsp3) is 0.231. The van der Waals surface area contributed by atoms with E-state index in [4.69, 9.17) is 9.72 Å². The van der Waals surface area contributed by atoms with Gasteiger partial charge in [-0.1, -0.05) is 42.5 Å². The van der Waals surface area contributed by atoms with Crippen molar-refractivity contribution in [2.24, 2.45) is 0 Å². The van der Waals surface area contributed by atoms with Crippen molar-refractivity contribution >= 4 is 28.6 Å². The van der Waals surface area contributed by atoms with Gasteiger partial charge < -0.3 is 10.1 Å². The second-order valence-corrected chi connectivity index (χ2v) is 8.15. The number of esters is 1. The highest BCUT2D eigenvalue weighted by Crippen LogP contribution is 2.29. The van der Waals surface area contributed by atoms with Gasteiger partial charge in [0.15, 0.2) is 5.65 Å². The average Bonchev–Trinajstić information content (AvgIpc) is 3.24. The standard InChI is InChI=1S/C26H26N4O3/c1-16(2)30-25-21(15-27-30)20(14-23(28-25)19-11-7-5-9-17(19)3)26(32)29-22-12-8-6-10-18(22)13-24(31)33-4/h5-12,14-16H,13H2,1-4H3,(H,29,32). The molecule has 0 aliphatic rings. The Bertz CT molecular complexity index is 1340. The van der Waals surface area contributed by atoms with Crippen LogP contribution in [0.4, 0.5) is 5.69 Å². The maximum absolute atomic E-state index is 13.5. The first-order chi connectivity index (χ1) is 15.9. The van der Waals surface area contributed by atoms with Gasteiger partial charge in [0.1, 0.15) is 0 Å². The van der Waals surface area contributed by atoms with Crippen LogP contribution in [0.5, 0.6) is 0 Å². The lowest BCUT2D eigenvalue weighted by molar-refractivity contribution is -0.139. The number of pyridine rings is 1. The first-order valence-corrected chi connectivity index (χ1v) is 10.8. The maximum Gasteiger partial charge on any atom is 0.310 e. The lowest BCUT2D eigenvalue weighted by atomic mass is 10.0. The topological polar surface area (TPSA) is 86.1 Å². The molecule has 4 rings (SSSR count). The van der Waals surface area contributed by atoms with Gasteiger partial charge in [0, 0.05) is 17.3 Å². The third-order valence-electron chi connectivity index (χ3n) is 5.55. The molecule has 4 aromatic rings. The van der Waals surface area contributed by atoms with Crippen molar-refractivity contribution in [2.45, 2.75) is 33.2 Å². The molecule has 2 aromatic carbocycles. The number of nitrogens with one attached hydrogen (secondary N) is 1. The summed E-state index contributed by atoms with van der Waals surface area (Å²) in [5.41, 5.74) is 5.09. The number of rotatable bonds is 6. The Morgan fingerprint density at radius 2 is 1.82 bits per heavy atom. The van der Waals surface area contributed by atoms with E-state index in [1.807, 2.05) is 61.9 Å². The van der Waals surface area contributed by atoms with Crippen molar-refractivity contribution < 1.29 is 14.3 Å². The normalized spacial score (nSPS) is 11.1. The summed E-state index contributed by atoms with van der Waals surface area (Å²) in [5, 5.41) is 8.12. The van der Waals surface area contributed by atoms with Crippen molar-refractivity contribution in [1.82, 2.24) is 14.8 Å². The fourth-order valence-corrected chi connectivity index (χ4v) is 3.80. The van der Waals surface area contributed by atoms with Gasteiger partial charge in [-0.2, -0.15) is 5.10 Å². The lowest BCUT2D eigenvalue weighted by Crippen LogP contribution is -2.16. The number of aryl methyl sites for hydroxylation is 1. The van der Waals surface area contributed by atoms with E-state index >= 15 is 0 Å². The second kappa shape index (κ2) is 9.24. The van der Waals surface area contributed by atoms with Crippen molar-refractivity contribution in [3.8, 4) is 11.3 Å². The number of methoxy groups -OCH3 is 1. The van der Waals surface area contributed by atoms with Gasteiger partial charge >= 0.3 is 5.97 Å². The summed E-state index contributed by atoms with van der Waals surface area (Å²) in [7, 11) is 1.34. The van der Waals surface area contributed by atoms with Crippen LogP contribution in [-0.4, -0.2) is 33.8 Å². The highest BCUT2D eigenvalue weighted by molar-refractivity contribution is 6.13. The number of benzene rings is 2. The van der Waals surface area contributed by atoms with Crippen LogP contribution < -0.4 is 5.32 Å². The van der Waals surface area contributed by atoms with Crippen LogP contribution in [0, 0.1) is 6.92 Å². The van der Waals surface area contributed by atoms with Crippen LogP contribution in [0.2, 0.25) is 0 Å². The zero-order valence-electron chi connectivity index (χ0n) is 19.1. The fourth-order valence-electron chi connectivity index (χ4n) is 3.80. The van der Waals surface area contributed by atoms with Crippen LogP contribution in [0.15, 0.2) is 60.8 Å². The van der Waals surface area contributed by atoms with Crippen LogP contribution in [0.25, 0.3) is 22.3 Å². The summed E-state index contributed by atoms with van der Waals surface area (Å²) in [6, 6.07) is 17.0. The molecule has 0 fully saturated rings. The number of amides is 1. The van der Waals surface area contributed by atoms with E-state index in [0.717, 1.165) is 11.1 Å². The van der Waals surface area contributed by atoms with Gasteiger partial charge in [-0.15, -0.1) is 0 Å². The number of anilines is 1. The first-order valence-electron chi connectivity index (χ1n) is 10.8. The summed E-state index contributed by atoms with van der Waals surface area (Å²) in [6.45, 7) is 6.07. The average molecular weight is 443 g/mol. The summed E-state index contributed by atoms with van der Waals surface area (Å²) in [4.78, 5) is 30.2. The molecule has 1 amide bonds. The van der Waals surface area contributed by atoms with Crippen LogP contribution in [0.1, 0.15) is 41.4 Å². The number of aromatic nitrogens is 3. The number of para-hydroxylation sites is 1. The van der Waals surface area contributed by atoms with Gasteiger partial charge in [-0.25, -0.2) is 9.67 Å². The smallest absolute Gasteiger partial charge is 0.310 e. The zero-order valence-corrected chi connectivity index (χ0v) is 19.1. The Morgan fingerprint density at radius 3 is 2.55 bits per heavy atom. The molecule has 0 aliphatic heterocycles. The summed E-state index contributed by atoms with van der Waals surface area (Å²) < 4.78 is 6.61. The third-order valence-corrected chi connectivity index (χ3v) is 5.55. The molecule has 168 valence electrons. The molecule has 7 nitrogen and oxygen atoms in total. The van der Waals surface area contributed by atoms with E-state index in [2.05, 4.69) is 10.4 Å². The molecule has 0 atom stereocenters. The monoisotopic (exact) mass is 442 g/mol. The van der Waals surface area contributed by atoms with E-state index in [-0.39, 0.29) is 24.3 Å². The Balaban J connectivity index is 1.81. The van der Waals surface area contributed by atoms with E-state index in [1.54, 1.807) is 24.4 Å². The van der Waals surface area contributed by atoms with E-state index in [9.17, 15) is 9.59 Å². The molecule has 7 heteroatoms. The predicted octanol–water partition coefficient (Wildman–Crippen LogP) is 4.96. The molecule has 0 unspecified atom stereocenters. The highest BCUT2D eigenvalue weighted by atomic mass is 16.5. The predicted molar refractivity (Wildman–Crippen MR) is 128 cm³/mol. The number of fused-ring (bicyclic) bond motifs is 1. The lowest BCUT2D eigenvalue weighted by Gasteiger charge is -2.13. The number of carbonyl (C=O) groups excluding carboxylic acids is 2. The number of nitrogens with zero attached hydrogens (tertiary/aromatic N) is 3. The third kappa shape index (κ3) is 4.48. The van der Waals surface area contributed by atoms with Crippen molar-refractivity contribution in [3.05, 3.63) is 77.5 Å². The van der Waals surface area contributed by atoms with E-state index in [0.29, 0.717) is 33.5 Å². The van der Waals surface area contributed by atoms with Gasteiger partial charge in [-0.05, 0) is 44.0 Å². The molecule has 0 aliphatic carbocycles. The molecule has 33 heavy (non-hydrogen) atoms. The largest absolute Gasteiger partial charge is 0.469 e. The Labute approximate surface area is 192 Å². The van der Waals surface area contributed by atoms with Crippen molar-refractivity contribution in [1.29, 1.82) is 0 Å². The number of carbonyl (C=O) groups is 2. The Hall–Kier alpha value is -4.00. The molecule has 0 saturated heterocycles. The van der Waals surface area contributed by atoms with E-state index < -0.39 is 0 Å². The summed E-state index contributed by atoms with van der Waals surface area (Å²) in [6.07, 6.45) is 1.75. The Morgan fingerprint density at radius 1 is 1.09 bits per heavy atom. The van der Waals surface area contributed by atoms with Crippen molar-refractivity contribution in [3.63, 3.8) is 0 Å². The minimum atomic E-state index is -0.372. The van der Waals surface area contributed by atoms with E-state index in [1.165, 1.54) is 7.11 Å². The molecule has 0 spiro atoms. The van der Waals surface area contributed by atoms with Gasteiger partial charge in [-0.3, -0.25) is 9.59 Å². The molecule has 2 heterocycles. The quantitative estimate of drug-likeness (QED) is 0.427. The molecule has 2 aromatic heterocycles. The first kappa shape index (κ1) is 22.2. The highest BCUT2D eigenvalue weighted by Gasteiger charge is 2.20. The molecule has 0 bridgehead atoms. The summed E-state index contributed by atoms with van der Waals surface area (Å²) in [5.74, 6) is -0.666. The number of hydrogen-bond donors (Lipinski definition) is 1. The number of hydrogen-bond acceptors (Lipinski definition) is 5. The number of ether oxygens (including phenoxy) is 1. The minimum absolute atomic E-state index is 0.0679. The molecular formula is C26H26N4O3. The van der Waals surface area contributed by atoms with Crippen LogP contribution >= 0.6 is 0 Å².